The maximum Gasteiger partial charge on any atom is 0.305 e. The first kappa shape index (κ1) is 24.4. The van der Waals surface area contributed by atoms with Gasteiger partial charge >= 0.3 is 5.97 Å². The van der Waals surface area contributed by atoms with Gasteiger partial charge in [0.05, 0.1) is 13.2 Å². The normalized spacial score (nSPS) is 18.1. The van der Waals surface area contributed by atoms with E-state index in [4.69, 9.17) is 14.5 Å². The summed E-state index contributed by atoms with van der Waals surface area (Å²) in [6.45, 7) is 2.26. The van der Waals surface area contributed by atoms with Gasteiger partial charge < -0.3 is 9.47 Å². The molecule has 30 heavy (non-hydrogen) atoms. The Morgan fingerprint density at radius 1 is 0.900 bits per heavy atom. The summed E-state index contributed by atoms with van der Waals surface area (Å²) in [5.41, 5.74) is 1.09. The summed E-state index contributed by atoms with van der Waals surface area (Å²) < 4.78 is 11.0. The first-order valence-corrected chi connectivity index (χ1v) is 12.1. The summed E-state index contributed by atoms with van der Waals surface area (Å²) in [7, 11) is 1.46. The molecule has 1 aliphatic heterocycles. The Morgan fingerprint density at radius 3 is 2.23 bits per heavy atom. The van der Waals surface area contributed by atoms with Gasteiger partial charge in [-0.1, -0.05) is 82.9 Å². The third-order valence-electron chi connectivity index (χ3n) is 5.95. The molecule has 1 heterocycles. The molecule has 0 N–H and O–H groups in total. The zero-order valence-electron chi connectivity index (χ0n) is 19.1. The van der Waals surface area contributed by atoms with E-state index in [1.807, 2.05) is 18.2 Å². The summed E-state index contributed by atoms with van der Waals surface area (Å²) in [5.74, 6) is 0.729. The lowest BCUT2D eigenvalue weighted by Crippen LogP contribution is -2.22. The zero-order valence-corrected chi connectivity index (χ0v) is 19.1. The number of unbranched alkanes of at least 4 members (excludes halogenated alkanes) is 9. The highest BCUT2D eigenvalue weighted by Crippen LogP contribution is 2.26. The average Bonchev–Trinajstić information content (AvgIpc) is 3.18. The lowest BCUT2D eigenvalue weighted by atomic mass is 9.98. The molecule has 0 fully saturated rings. The molecule has 4 nitrogen and oxygen atoms in total. The quantitative estimate of drug-likeness (QED) is 0.219. The van der Waals surface area contributed by atoms with Crippen molar-refractivity contribution in [2.24, 2.45) is 4.99 Å². The van der Waals surface area contributed by atoms with Gasteiger partial charge in [-0.15, -0.1) is 0 Å². The molecular weight excluding hydrogens is 374 g/mol. The van der Waals surface area contributed by atoms with E-state index >= 15 is 0 Å². The van der Waals surface area contributed by atoms with Crippen LogP contribution in [-0.4, -0.2) is 31.1 Å². The summed E-state index contributed by atoms with van der Waals surface area (Å²) in [6.07, 6.45) is 16.4. The maximum atomic E-state index is 11.2. The summed E-state index contributed by atoms with van der Waals surface area (Å²) >= 11 is 0. The van der Waals surface area contributed by atoms with Crippen LogP contribution in [0.5, 0.6) is 0 Å². The van der Waals surface area contributed by atoms with E-state index in [1.165, 1.54) is 52.1 Å². The van der Waals surface area contributed by atoms with Crippen molar-refractivity contribution in [2.45, 2.75) is 109 Å². The Bertz CT molecular complexity index is 614. The molecule has 1 aromatic rings. The van der Waals surface area contributed by atoms with E-state index in [-0.39, 0.29) is 12.1 Å². The second-order valence-electron chi connectivity index (χ2n) is 8.46. The molecule has 2 atom stereocenters. The number of rotatable bonds is 16. The van der Waals surface area contributed by atoms with Crippen molar-refractivity contribution in [1.82, 2.24) is 0 Å². The average molecular weight is 416 g/mol. The minimum Gasteiger partial charge on any atom is -0.472 e. The molecule has 0 unspecified atom stereocenters. The first-order chi connectivity index (χ1) is 14.7. The van der Waals surface area contributed by atoms with Crippen molar-refractivity contribution < 1.29 is 14.3 Å². The fourth-order valence-electron chi connectivity index (χ4n) is 4.09. The second kappa shape index (κ2) is 15.0. The summed E-state index contributed by atoms with van der Waals surface area (Å²) in [6, 6.07) is 10.6. The van der Waals surface area contributed by atoms with Gasteiger partial charge in [0.2, 0.25) is 5.90 Å². The van der Waals surface area contributed by atoms with Crippen LogP contribution in [0.3, 0.4) is 0 Å². The van der Waals surface area contributed by atoms with Crippen LogP contribution in [0, 0.1) is 0 Å². The van der Waals surface area contributed by atoms with Crippen molar-refractivity contribution in [2.75, 3.05) is 7.11 Å². The molecule has 1 aromatic carbocycles. The number of aliphatic imine (C=N–C) groups is 1. The van der Waals surface area contributed by atoms with Gasteiger partial charge in [0, 0.05) is 12.0 Å². The number of ether oxygens (including phenoxy) is 2. The predicted molar refractivity (Wildman–Crippen MR) is 124 cm³/mol. The van der Waals surface area contributed by atoms with Crippen LogP contribution in [0.4, 0.5) is 0 Å². The lowest BCUT2D eigenvalue weighted by molar-refractivity contribution is -0.140. The van der Waals surface area contributed by atoms with Gasteiger partial charge in [0.25, 0.3) is 0 Å². The highest BCUT2D eigenvalue weighted by Gasteiger charge is 2.30. The molecule has 0 spiro atoms. The van der Waals surface area contributed by atoms with Crippen molar-refractivity contribution >= 4 is 11.9 Å². The highest BCUT2D eigenvalue weighted by atomic mass is 16.5. The minimum atomic E-state index is -0.0996. The smallest absolute Gasteiger partial charge is 0.305 e. The van der Waals surface area contributed by atoms with E-state index in [0.717, 1.165) is 50.0 Å². The Balaban J connectivity index is 1.73. The molecule has 0 saturated heterocycles. The van der Waals surface area contributed by atoms with E-state index in [9.17, 15) is 4.79 Å². The number of hydrogen-bond acceptors (Lipinski definition) is 4. The van der Waals surface area contributed by atoms with Gasteiger partial charge in [-0.2, -0.15) is 0 Å². The van der Waals surface area contributed by atoms with E-state index in [1.54, 1.807) is 0 Å². The molecule has 2 rings (SSSR count). The number of carbonyl (C=O) groups is 1. The van der Waals surface area contributed by atoms with Crippen molar-refractivity contribution in [1.29, 1.82) is 0 Å². The molecular formula is C26H41NO3. The maximum absolute atomic E-state index is 11.2. The van der Waals surface area contributed by atoms with Crippen molar-refractivity contribution in [3.8, 4) is 0 Å². The van der Waals surface area contributed by atoms with Crippen LogP contribution in [0.1, 0.15) is 102 Å². The van der Waals surface area contributed by atoms with Gasteiger partial charge in [-0.25, -0.2) is 4.99 Å². The number of methoxy groups -OCH3 is 1. The lowest BCUT2D eigenvalue weighted by Gasteiger charge is -2.17. The van der Waals surface area contributed by atoms with E-state index in [0.29, 0.717) is 12.5 Å². The number of benzene rings is 1. The number of esters is 1. The third-order valence-corrected chi connectivity index (χ3v) is 5.95. The van der Waals surface area contributed by atoms with Crippen molar-refractivity contribution in [3.63, 3.8) is 0 Å². The second-order valence-corrected chi connectivity index (χ2v) is 8.46. The number of carbonyl (C=O) groups excluding carboxylic acids is 1. The largest absolute Gasteiger partial charge is 0.472 e. The molecule has 0 saturated carbocycles. The Hall–Kier alpha value is -1.84. The molecule has 0 bridgehead atoms. The van der Waals surface area contributed by atoms with E-state index < -0.39 is 0 Å². The molecule has 4 heteroatoms. The van der Waals surface area contributed by atoms with Crippen molar-refractivity contribution in [3.05, 3.63) is 35.9 Å². The SMILES string of the molecule is CCCCCCCC[C@@H]1N=C(c2ccccc2)O[C@H]1CCCCCCCC(=O)OC. The van der Waals surface area contributed by atoms with Crippen LogP contribution < -0.4 is 0 Å². The number of nitrogens with zero attached hydrogens (tertiary/aromatic N) is 1. The topological polar surface area (TPSA) is 47.9 Å². The molecule has 168 valence electrons. The third kappa shape index (κ3) is 9.32. The zero-order chi connectivity index (χ0) is 21.4. The number of hydrogen-bond donors (Lipinski definition) is 0. The monoisotopic (exact) mass is 415 g/mol. The summed E-state index contributed by atoms with van der Waals surface area (Å²) in [5, 5.41) is 0. The fraction of sp³-hybridized carbons (Fsp3) is 0.692. The molecule has 0 aromatic heterocycles. The van der Waals surface area contributed by atoms with Gasteiger partial charge in [0.15, 0.2) is 0 Å². The van der Waals surface area contributed by atoms with Gasteiger partial charge in [-0.05, 0) is 37.8 Å². The van der Waals surface area contributed by atoms with Crippen LogP contribution in [0.25, 0.3) is 0 Å². The molecule has 0 radical (unpaired) electrons. The van der Waals surface area contributed by atoms with E-state index in [2.05, 4.69) is 19.1 Å². The summed E-state index contributed by atoms with van der Waals surface area (Å²) in [4.78, 5) is 16.1. The Labute approximate surface area is 183 Å². The van der Waals surface area contributed by atoms with Crippen LogP contribution in [0.2, 0.25) is 0 Å². The van der Waals surface area contributed by atoms with Crippen LogP contribution in [0.15, 0.2) is 35.3 Å². The minimum absolute atomic E-state index is 0.0996. The van der Waals surface area contributed by atoms with Crippen LogP contribution in [-0.2, 0) is 14.3 Å². The van der Waals surface area contributed by atoms with Crippen LogP contribution >= 0.6 is 0 Å². The first-order valence-electron chi connectivity index (χ1n) is 12.1. The van der Waals surface area contributed by atoms with Gasteiger partial charge in [0.1, 0.15) is 6.10 Å². The predicted octanol–water partition coefficient (Wildman–Crippen LogP) is 6.85. The van der Waals surface area contributed by atoms with Gasteiger partial charge in [-0.3, -0.25) is 4.79 Å². The molecule has 1 aliphatic rings. The highest BCUT2D eigenvalue weighted by molar-refractivity contribution is 5.95. The fourth-order valence-corrected chi connectivity index (χ4v) is 4.09. The standard InChI is InChI=1S/C26H41NO3/c1-3-4-5-6-8-14-19-23-24(20-15-9-7-10-16-21-25(28)29-2)30-26(27-23)22-17-12-11-13-18-22/h11-13,17-18,23-24H,3-10,14-16,19-21H2,1-2H3/t23-,24-/m0/s1. The Kier molecular flexibility index (Phi) is 12.2. The Morgan fingerprint density at radius 2 is 1.53 bits per heavy atom. The molecule has 0 amide bonds. The molecule has 0 aliphatic carbocycles.